The maximum Gasteiger partial charge on any atom is 0.321 e. The van der Waals surface area contributed by atoms with Crippen molar-refractivity contribution in [3.63, 3.8) is 0 Å². The van der Waals surface area contributed by atoms with Crippen LogP contribution in [0.3, 0.4) is 0 Å². The van der Waals surface area contributed by atoms with E-state index in [1.807, 2.05) is 13.0 Å². The fourth-order valence-corrected chi connectivity index (χ4v) is 1.93. The normalized spacial score (nSPS) is 10.1. The van der Waals surface area contributed by atoms with E-state index in [0.29, 0.717) is 10.8 Å². The Morgan fingerprint density at radius 1 is 1.27 bits per heavy atom. The summed E-state index contributed by atoms with van der Waals surface area (Å²) in [6.45, 7) is 2.08. The lowest BCUT2D eigenvalue weighted by molar-refractivity contribution is -0.118. The lowest BCUT2D eigenvalue weighted by atomic mass is 10.2. The van der Waals surface area contributed by atoms with Gasteiger partial charge in [-0.15, -0.1) is 0 Å². The van der Waals surface area contributed by atoms with Crippen LogP contribution in [0, 0.1) is 6.92 Å². The summed E-state index contributed by atoms with van der Waals surface area (Å²) in [6, 6.07) is 8.21. The molecule has 0 spiro atoms. The van der Waals surface area contributed by atoms with Crippen LogP contribution in [-0.2, 0) is 11.3 Å². The molecule has 0 aliphatic carbocycles. The fraction of sp³-hybridized carbons (Fsp3) is 0.200. The first-order valence-corrected chi connectivity index (χ1v) is 7.02. The van der Waals surface area contributed by atoms with Gasteiger partial charge in [-0.1, -0.05) is 17.7 Å². The number of urea groups is 1. The number of hydrogen-bond acceptors (Lipinski definition) is 4. The van der Waals surface area contributed by atoms with Crippen molar-refractivity contribution >= 4 is 29.2 Å². The molecule has 0 radical (unpaired) electrons. The van der Waals surface area contributed by atoms with E-state index in [1.165, 1.54) is 6.26 Å². The topological polar surface area (TPSA) is 83.4 Å². The molecule has 0 saturated heterocycles. The molecule has 0 atom stereocenters. The Balaban J connectivity index is 1.75. The van der Waals surface area contributed by atoms with Crippen molar-refractivity contribution in [3.05, 3.63) is 52.9 Å². The second kappa shape index (κ2) is 7.51. The number of hydrogen-bond donors (Lipinski definition) is 3. The third kappa shape index (κ3) is 4.82. The van der Waals surface area contributed by atoms with Gasteiger partial charge >= 0.3 is 6.03 Å². The first kappa shape index (κ1) is 15.9. The minimum Gasteiger partial charge on any atom is -0.467 e. The molecule has 0 aliphatic heterocycles. The molecule has 3 amide bonds. The number of amides is 3. The molecular weight excluding hydrogens is 306 g/mol. The Morgan fingerprint density at radius 2 is 2.09 bits per heavy atom. The smallest absolute Gasteiger partial charge is 0.321 e. The molecule has 0 fully saturated rings. The highest BCUT2D eigenvalue weighted by molar-refractivity contribution is 6.30. The van der Waals surface area contributed by atoms with E-state index < -0.39 is 11.9 Å². The Kier molecular flexibility index (Phi) is 5.43. The van der Waals surface area contributed by atoms with Crippen molar-refractivity contribution < 1.29 is 14.0 Å². The summed E-state index contributed by atoms with van der Waals surface area (Å²) in [5.41, 5.74) is 1.71. The van der Waals surface area contributed by atoms with E-state index in [4.69, 9.17) is 16.0 Å². The predicted octanol–water partition coefficient (Wildman–Crippen LogP) is 2.68. The number of imide groups is 1. The minimum atomic E-state index is -0.578. The maximum atomic E-state index is 11.7. The largest absolute Gasteiger partial charge is 0.467 e. The third-order valence-electron chi connectivity index (χ3n) is 2.90. The van der Waals surface area contributed by atoms with E-state index in [0.717, 1.165) is 11.3 Å². The minimum absolute atomic E-state index is 0.0324. The Labute approximate surface area is 132 Å². The molecule has 7 heteroatoms. The van der Waals surface area contributed by atoms with E-state index in [1.54, 1.807) is 24.3 Å². The summed E-state index contributed by atoms with van der Waals surface area (Å²) in [5, 5.41) is 8.25. The van der Waals surface area contributed by atoms with Crippen LogP contribution in [0.2, 0.25) is 5.02 Å². The van der Waals surface area contributed by atoms with Crippen LogP contribution in [-0.4, -0.2) is 18.5 Å². The highest BCUT2D eigenvalue weighted by atomic mass is 35.5. The molecule has 116 valence electrons. The van der Waals surface area contributed by atoms with Gasteiger partial charge in [0.2, 0.25) is 5.91 Å². The average Bonchev–Trinajstić information content (AvgIpc) is 2.99. The fourth-order valence-electron chi connectivity index (χ4n) is 1.76. The van der Waals surface area contributed by atoms with Gasteiger partial charge in [0.05, 0.1) is 19.4 Å². The van der Waals surface area contributed by atoms with Crippen molar-refractivity contribution in [1.82, 2.24) is 10.6 Å². The van der Waals surface area contributed by atoms with Gasteiger partial charge in [0.15, 0.2) is 0 Å². The number of carbonyl (C=O) groups is 2. The quantitative estimate of drug-likeness (QED) is 0.790. The number of benzene rings is 1. The summed E-state index contributed by atoms with van der Waals surface area (Å²) >= 11 is 5.89. The van der Waals surface area contributed by atoms with Crippen molar-refractivity contribution in [2.24, 2.45) is 0 Å². The van der Waals surface area contributed by atoms with Gasteiger partial charge in [0, 0.05) is 10.7 Å². The molecule has 1 aromatic carbocycles. The van der Waals surface area contributed by atoms with Gasteiger partial charge in [-0.2, -0.15) is 0 Å². The molecule has 2 rings (SSSR count). The molecule has 1 aromatic heterocycles. The molecule has 22 heavy (non-hydrogen) atoms. The van der Waals surface area contributed by atoms with Crippen molar-refractivity contribution in [1.29, 1.82) is 0 Å². The zero-order chi connectivity index (χ0) is 15.9. The van der Waals surface area contributed by atoms with Gasteiger partial charge in [-0.3, -0.25) is 10.1 Å². The number of carbonyl (C=O) groups excluding carboxylic acids is 2. The molecule has 6 nitrogen and oxygen atoms in total. The summed E-state index contributed by atoms with van der Waals surface area (Å²) < 4.78 is 5.07. The van der Waals surface area contributed by atoms with Gasteiger partial charge < -0.3 is 15.1 Å². The predicted molar refractivity (Wildman–Crippen MR) is 83.8 cm³/mol. The van der Waals surface area contributed by atoms with E-state index >= 15 is 0 Å². The second-order valence-corrected chi connectivity index (χ2v) is 5.06. The highest BCUT2D eigenvalue weighted by Gasteiger charge is 2.08. The van der Waals surface area contributed by atoms with Crippen LogP contribution in [0.1, 0.15) is 11.3 Å². The first-order valence-electron chi connectivity index (χ1n) is 6.64. The molecule has 2 aromatic rings. The SMILES string of the molecule is Cc1ccc(Cl)cc1NCC(=O)NC(=O)NCc1ccco1. The van der Waals surface area contributed by atoms with Crippen LogP contribution in [0.5, 0.6) is 0 Å². The van der Waals surface area contributed by atoms with E-state index in [2.05, 4.69) is 16.0 Å². The Hall–Kier alpha value is -2.47. The standard InChI is InChI=1S/C15H16ClN3O3/c1-10-4-5-11(16)7-13(10)17-9-14(20)19-15(21)18-8-12-3-2-6-22-12/h2-7,17H,8-9H2,1H3,(H2,18,19,20,21). The van der Waals surface area contributed by atoms with Crippen molar-refractivity contribution in [3.8, 4) is 0 Å². The molecular formula is C15H16ClN3O3. The second-order valence-electron chi connectivity index (χ2n) is 4.62. The summed E-state index contributed by atoms with van der Waals surface area (Å²) in [5.74, 6) is 0.159. The molecule has 0 saturated carbocycles. The lowest BCUT2D eigenvalue weighted by Gasteiger charge is -2.10. The van der Waals surface area contributed by atoms with Gasteiger partial charge in [-0.25, -0.2) is 4.79 Å². The molecule has 0 aliphatic rings. The molecule has 0 unspecified atom stereocenters. The number of anilines is 1. The molecule has 3 N–H and O–H groups in total. The van der Waals surface area contributed by atoms with E-state index in [-0.39, 0.29) is 13.1 Å². The van der Waals surface area contributed by atoms with Crippen LogP contribution in [0.4, 0.5) is 10.5 Å². The third-order valence-corrected chi connectivity index (χ3v) is 3.13. The zero-order valence-electron chi connectivity index (χ0n) is 12.0. The van der Waals surface area contributed by atoms with Crippen molar-refractivity contribution in [2.75, 3.05) is 11.9 Å². The summed E-state index contributed by atoms with van der Waals surface area (Å²) in [6.07, 6.45) is 1.51. The van der Waals surface area contributed by atoms with Crippen molar-refractivity contribution in [2.45, 2.75) is 13.5 Å². The average molecular weight is 322 g/mol. The van der Waals surface area contributed by atoms with Gasteiger partial charge in [0.25, 0.3) is 0 Å². The monoisotopic (exact) mass is 321 g/mol. The number of furan rings is 1. The van der Waals surface area contributed by atoms with Crippen LogP contribution in [0.25, 0.3) is 0 Å². The molecule has 1 heterocycles. The molecule has 0 bridgehead atoms. The summed E-state index contributed by atoms with van der Waals surface area (Å²) in [7, 11) is 0. The van der Waals surface area contributed by atoms with Crippen LogP contribution < -0.4 is 16.0 Å². The highest BCUT2D eigenvalue weighted by Crippen LogP contribution is 2.19. The first-order chi connectivity index (χ1) is 10.5. The Bertz CT molecular complexity index is 656. The Morgan fingerprint density at radius 3 is 2.82 bits per heavy atom. The van der Waals surface area contributed by atoms with Crippen LogP contribution in [0.15, 0.2) is 41.0 Å². The maximum absolute atomic E-state index is 11.7. The number of halogens is 1. The van der Waals surface area contributed by atoms with Gasteiger partial charge in [0.1, 0.15) is 5.76 Å². The number of nitrogens with one attached hydrogen (secondary N) is 3. The summed E-state index contributed by atoms with van der Waals surface area (Å²) in [4.78, 5) is 23.2. The van der Waals surface area contributed by atoms with E-state index in [9.17, 15) is 9.59 Å². The van der Waals surface area contributed by atoms with Crippen LogP contribution >= 0.6 is 11.6 Å². The lowest BCUT2D eigenvalue weighted by Crippen LogP contribution is -2.41. The zero-order valence-corrected chi connectivity index (χ0v) is 12.7. The van der Waals surface area contributed by atoms with Gasteiger partial charge in [-0.05, 0) is 36.8 Å². The number of rotatable bonds is 5. The number of aryl methyl sites for hydroxylation is 1.